The Morgan fingerprint density at radius 3 is 2.63 bits per heavy atom. The molecule has 6 nitrogen and oxygen atoms in total. The molecule has 1 aromatic carbocycles. The molecule has 0 amide bonds. The zero-order valence-corrected chi connectivity index (χ0v) is 14.2. The van der Waals surface area contributed by atoms with Crippen molar-refractivity contribution in [1.82, 2.24) is 29.3 Å². The van der Waals surface area contributed by atoms with Crippen molar-refractivity contribution in [1.29, 1.82) is 0 Å². The molecule has 0 aliphatic carbocycles. The summed E-state index contributed by atoms with van der Waals surface area (Å²) in [5, 5.41) is 5.01. The molecule has 0 spiro atoms. The van der Waals surface area contributed by atoms with Crippen LogP contribution in [0.2, 0.25) is 5.28 Å². The number of hydrogen-bond acceptors (Lipinski definition) is 4. The topological polar surface area (TPSA) is 61.4 Å². The maximum Gasteiger partial charge on any atom is 0.434 e. The number of benzene rings is 1. The summed E-state index contributed by atoms with van der Waals surface area (Å²) in [7, 11) is 0. The second-order valence-electron chi connectivity index (χ2n) is 5.73. The molecule has 0 aliphatic rings. The molecule has 0 N–H and O–H groups in total. The van der Waals surface area contributed by atoms with Crippen molar-refractivity contribution >= 4 is 22.6 Å². The molecule has 0 atom stereocenters. The van der Waals surface area contributed by atoms with E-state index in [4.69, 9.17) is 15.7 Å². The van der Waals surface area contributed by atoms with Crippen molar-refractivity contribution in [3.63, 3.8) is 0 Å². The predicted molar refractivity (Wildman–Crippen MR) is 93.1 cm³/mol. The van der Waals surface area contributed by atoms with Crippen molar-refractivity contribution in [3.05, 3.63) is 59.4 Å². The van der Waals surface area contributed by atoms with Gasteiger partial charge in [-0.05, 0) is 17.2 Å². The first-order valence-corrected chi connectivity index (χ1v) is 8.00. The van der Waals surface area contributed by atoms with E-state index >= 15 is 0 Å². The van der Waals surface area contributed by atoms with E-state index in [1.54, 1.807) is 29.2 Å². The minimum absolute atomic E-state index is 0.0802. The molecular weight excluding hydrogens is 381 g/mol. The van der Waals surface area contributed by atoms with Crippen LogP contribution in [0.25, 0.3) is 22.4 Å². The molecule has 138 valence electrons. The van der Waals surface area contributed by atoms with Crippen molar-refractivity contribution < 1.29 is 17.3 Å². The molecule has 0 radical (unpaired) electrons. The van der Waals surface area contributed by atoms with E-state index in [0.717, 1.165) is 5.56 Å². The number of hydrogen-bond donors (Lipinski definition) is 0. The summed E-state index contributed by atoms with van der Waals surface area (Å²) in [5.41, 5.74) is 0.270. The van der Waals surface area contributed by atoms with Gasteiger partial charge in [0.05, 0.1) is 18.1 Å². The van der Waals surface area contributed by atoms with Crippen LogP contribution in [0.5, 0.6) is 0 Å². The van der Waals surface area contributed by atoms with E-state index in [2.05, 4.69) is 20.1 Å². The summed E-state index contributed by atoms with van der Waals surface area (Å²) in [6.45, 7) is -2.49. The van der Waals surface area contributed by atoms with E-state index in [1.807, 2.05) is 0 Å². The lowest BCUT2D eigenvalue weighted by atomic mass is 10.1. The molecule has 3 aromatic heterocycles. The van der Waals surface area contributed by atoms with Gasteiger partial charge in [0.1, 0.15) is 5.82 Å². The summed E-state index contributed by atoms with van der Waals surface area (Å²) < 4.78 is 63.7. The molecule has 3 heterocycles. The van der Waals surface area contributed by atoms with Gasteiger partial charge >= 0.3 is 6.18 Å². The lowest BCUT2D eigenvalue weighted by molar-refractivity contribution is -0.140. The Kier molecular flexibility index (Phi) is 3.33. The summed E-state index contributed by atoms with van der Waals surface area (Å²) in [6.07, 6.45) is -1.12. The van der Waals surface area contributed by atoms with Gasteiger partial charge in [-0.25, -0.2) is 14.6 Å². The van der Waals surface area contributed by atoms with Gasteiger partial charge in [0, 0.05) is 29.0 Å². The second kappa shape index (κ2) is 6.34. The lowest BCUT2D eigenvalue weighted by Gasteiger charge is -2.06. The largest absolute Gasteiger partial charge is 0.434 e. The minimum Gasteiger partial charge on any atom is -0.333 e. The molecule has 4 aromatic rings. The Morgan fingerprint density at radius 1 is 1.15 bits per heavy atom. The van der Waals surface area contributed by atoms with Crippen molar-refractivity contribution in [3.8, 4) is 11.4 Å². The summed E-state index contributed by atoms with van der Waals surface area (Å²) in [4.78, 5) is 11.5. The molecule has 0 saturated carbocycles. The van der Waals surface area contributed by atoms with Gasteiger partial charge in [-0.15, -0.1) is 0 Å². The third-order valence-electron chi connectivity index (χ3n) is 3.89. The van der Waals surface area contributed by atoms with E-state index in [-0.39, 0.29) is 16.7 Å². The molecule has 0 fully saturated rings. The second-order valence-corrected chi connectivity index (χ2v) is 6.07. The van der Waals surface area contributed by atoms with Crippen LogP contribution < -0.4 is 0 Å². The number of rotatable bonds is 3. The Labute approximate surface area is 160 Å². The fraction of sp³-hybridized carbons (Fsp3) is 0.176. The molecule has 27 heavy (non-hydrogen) atoms. The van der Waals surface area contributed by atoms with Crippen molar-refractivity contribution in [2.75, 3.05) is 0 Å². The van der Waals surface area contributed by atoms with Crippen LogP contribution in [0.4, 0.5) is 13.2 Å². The van der Waals surface area contributed by atoms with Crippen LogP contribution in [-0.4, -0.2) is 29.3 Å². The van der Waals surface area contributed by atoms with Gasteiger partial charge in [0.2, 0.25) is 5.28 Å². The normalized spacial score (nSPS) is 14.1. The average Bonchev–Trinajstić information content (AvgIpc) is 3.27. The van der Waals surface area contributed by atoms with Gasteiger partial charge < -0.3 is 4.57 Å². The molecule has 0 bridgehead atoms. The van der Waals surface area contributed by atoms with Crippen LogP contribution in [0.1, 0.15) is 15.4 Å². The quantitative estimate of drug-likeness (QED) is 0.493. The van der Waals surface area contributed by atoms with Gasteiger partial charge in [-0.2, -0.15) is 23.3 Å². The maximum atomic E-state index is 13.0. The highest BCUT2D eigenvalue weighted by Gasteiger charge is 2.34. The Balaban J connectivity index is 1.67. The fourth-order valence-corrected chi connectivity index (χ4v) is 2.74. The summed E-state index contributed by atoms with van der Waals surface area (Å²) in [5.74, 6) is -0.294. The number of aryl methyl sites for hydroxylation is 1. The van der Waals surface area contributed by atoms with Crippen molar-refractivity contribution in [2.45, 2.75) is 12.7 Å². The molecule has 10 heteroatoms. The number of nitrogens with zero attached hydrogens (tertiary/aromatic N) is 6. The molecule has 4 rings (SSSR count). The molecule has 0 unspecified atom stereocenters. The third-order valence-corrected chi connectivity index (χ3v) is 4.07. The zero-order valence-electron chi connectivity index (χ0n) is 16.4. The van der Waals surface area contributed by atoms with Gasteiger partial charge in [0.15, 0.2) is 11.3 Å². The number of alkyl halides is 3. The monoisotopic (exact) mass is 395 g/mol. The van der Waals surface area contributed by atoms with Gasteiger partial charge in [0.25, 0.3) is 0 Å². The van der Waals surface area contributed by atoms with Crippen LogP contribution in [0, 0.1) is 0 Å². The van der Waals surface area contributed by atoms with Crippen LogP contribution in [0.3, 0.4) is 0 Å². The molecular formula is C17H12ClF3N6. The highest BCUT2D eigenvalue weighted by molar-refractivity contribution is 6.28. The van der Waals surface area contributed by atoms with Crippen LogP contribution >= 0.6 is 11.6 Å². The maximum absolute atomic E-state index is 13.0. The zero-order chi connectivity index (χ0) is 21.7. The Hall–Kier alpha value is -2.94. The first-order chi connectivity index (χ1) is 14.0. The minimum atomic E-state index is -4.75. The smallest absolute Gasteiger partial charge is 0.333 e. The SMILES string of the molecule is [2H]C([2H])([2H])n1cc(C(F)(F)F)nc1-c1ccc(Cn2ncc3cnc(Cl)nc32)cc1. The number of fused-ring (bicyclic) bond motifs is 1. The first kappa shape index (κ1) is 14.2. The van der Waals surface area contributed by atoms with E-state index < -0.39 is 18.8 Å². The predicted octanol–water partition coefficient (Wildman–Crippen LogP) is 3.95. The number of imidazole rings is 1. The molecule has 0 aliphatic heterocycles. The fourth-order valence-electron chi connectivity index (χ4n) is 2.61. The van der Waals surface area contributed by atoms with E-state index in [1.165, 1.54) is 12.1 Å². The lowest BCUT2D eigenvalue weighted by Crippen LogP contribution is -2.05. The standard InChI is InChI=1S/C17H12ClF3N6/c1-26-9-13(17(19,20)21)24-14(26)11-4-2-10(3-5-11)8-27-15-12(7-23-27)6-22-16(18)25-15/h2-7,9H,8H2,1H3/i1D3. The van der Waals surface area contributed by atoms with Crippen LogP contribution in [-0.2, 0) is 19.7 Å². The van der Waals surface area contributed by atoms with E-state index in [9.17, 15) is 13.2 Å². The number of halogens is 4. The summed E-state index contributed by atoms with van der Waals surface area (Å²) >= 11 is 5.83. The highest BCUT2D eigenvalue weighted by atomic mass is 35.5. The van der Waals surface area contributed by atoms with Crippen molar-refractivity contribution in [2.24, 2.45) is 6.98 Å². The van der Waals surface area contributed by atoms with E-state index in [0.29, 0.717) is 28.3 Å². The first-order valence-electron chi connectivity index (χ1n) is 9.13. The highest BCUT2D eigenvalue weighted by Crippen LogP contribution is 2.30. The van der Waals surface area contributed by atoms with Crippen LogP contribution in [0.15, 0.2) is 42.9 Å². The van der Waals surface area contributed by atoms with Gasteiger partial charge in [-0.3, -0.25) is 0 Å². The average molecular weight is 396 g/mol. The Morgan fingerprint density at radius 2 is 1.93 bits per heavy atom. The van der Waals surface area contributed by atoms with Gasteiger partial charge in [-0.1, -0.05) is 24.3 Å². The third kappa shape index (κ3) is 3.37. The Bertz CT molecular complexity index is 1210. The number of aromatic nitrogens is 6. The summed E-state index contributed by atoms with van der Waals surface area (Å²) in [6, 6.07) is 6.32. The molecule has 0 saturated heterocycles.